The zero-order valence-corrected chi connectivity index (χ0v) is 15.5. The summed E-state index contributed by atoms with van der Waals surface area (Å²) in [5, 5.41) is 0. The molecule has 0 saturated heterocycles. The van der Waals surface area contributed by atoms with E-state index < -0.39 is 23.9 Å². The van der Waals surface area contributed by atoms with E-state index in [4.69, 9.17) is 14.2 Å². The van der Waals surface area contributed by atoms with Crippen LogP contribution in [0, 0.1) is 0 Å². The van der Waals surface area contributed by atoms with Crippen LogP contribution in [0.3, 0.4) is 0 Å². The molecule has 0 N–H and O–H groups in total. The Morgan fingerprint density at radius 2 is 0.931 bits per heavy atom. The van der Waals surface area contributed by atoms with Crippen molar-refractivity contribution >= 4 is 23.9 Å². The molecule has 0 aliphatic carbocycles. The van der Waals surface area contributed by atoms with Gasteiger partial charge in [-0.3, -0.25) is 0 Å². The van der Waals surface area contributed by atoms with Gasteiger partial charge in [-0.1, -0.05) is 49.6 Å². The van der Waals surface area contributed by atoms with Crippen LogP contribution in [-0.4, -0.2) is 37.1 Å². The minimum absolute atomic E-state index is 0.0403. The molecule has 0 radical (unpaired) electrons. The summed E-state index contributed by atoms with van der Waals surface area (Å²) in [6.45, 7) is 6.80. The fourth-order valence-corrected chi connectivity index (χ4v) is 2.30. The molecule has 0 unspecified atom stereocenters. The largest absolute Gasteiger partial charge is 0.458 e. The number of rotatable bonds is 8. The summed E-state index contributed by atoms with van der Waals surface area (Å²) in [6.07, 6.45) is 2.76. The lowest BCUT2D eigenvalue weighted by Gasteiger charge is -2.10. The third-order valence-electron chi connectivity index (χ3n) is 3.58. The van der Waals surface area contributed by atoms with Gasteiger partial charge in [0.15, 0.2) is 0 Å². The molecule has 0 aromatic heterocycles. The van der Waals surface area contributed by atoms with Gasteiger partial charge in [0.1, 0.15) is 13.2 Å². The molecule has 0 saturated carbocycles. The number of hydrogen-bond acceptors (Lipinski definition) is 7. The van der Waals surface area contributed by atoms with Gasteiger partial charge in [-0.2, -0.15) is 0 Å². The summed E-state index contributed by atoms with van der Waals surface area (Å²) in [5.41, 5.74) is -0.431. The first-order valence-electron chi connectivity index (χ1n) is 8.50. The predicted octanol–water partition coefficient (Wildman–Crippen LogP) is 3.37. The van der Waals surface area contributed by atoms with Gasteiger partial charge in [0.2, 0.25) is 0 Å². The second-order valence-corrected chi connectivity index (χ2v) is 5.54. The van der Waals surface area contributed by atoms with E-state index in [9.17, 15) is 19.2 Å². The van der Waals surface area contributed by atoms with Crippen molar-refractivity contribution in [3.63, 3.8) is 0 Å². The average molecular weight is 394 g/mol. The van der Waals surface area contributed by atoms with E-state index in [1.807, 2.05) is 0 Å². The van der Waals surface area contributed by atoms with Crippen LogP contribution < -0.4 is 0 Å². The zero-order chi connectivity index (χ0) is 21.2. The molecule has 0 heterocycles. The molecule has 29 heavy (non-hydrogen) atoms. The highest BCUT2D eigenvalue weighted by molar-refractivity contribution is 6.10. The molecule has 0 amide bonds. The molecule has 2 rings (SSSR count). The highest BCUT2D eigenvalue weighted by Gasteiger charge is 2.24. The minimum atomic E-state index is -1.06. The van der Waals surface area contributed by atoms with E-state index >= 15 is 0 Å². The highest BCUT2D eigenvalue weighted by atomic mass is 16.6. The van der Waals surface area contributed by atoms with Gasteiger partial charge >= 0.3 is 23.9 Å². The minimum Gasteiger partial charge on any atom is -0.458 e. The molecule has 0 aliphatic rings. The summed E-state index contributed by atoms with van der Waals surface area (Å²) >= 11 is 0. The molecule has 0 atom stereocenters. The first-order chi connectivity index (χ1) is 14.0. The maximum Gasteiger partial charge on any atom is 0.346 e. The Balaban J connectivity index is 2.24. The van der Waals surface area contributed by atoms with Crippen LogP contribution in [0.5, 0.6) is 0 Å². The smallest absolute Gasteiger partial charge is 0.346 e. The molecule has 0 bridgehead atoms. The number of carbonyl (C=O) groups excluding carboxylic acids is 4. The van der Waals surface area contributed by atoms with Crippen molar-refractivity contribution in [2.45, 2.75) is 0 Å². The summed E-state index contributed by atoms with van der Waals surface area (Å²) in [7, 11) is 0. The number of hydrogen-bond donors (Lipinski definition) is 0. The van der Waals surface area contributed by atoms with Crippen LogP contribution in [0.25, 0.3) is 0 Å². The predicted molar refractivity (Wildman–Crippen MR) is 104 cm³/mol. The van der Waals surface area contributed by atoms with Crippen molar-refractivity contribution in [1.29, 1.82) is 0 Å². The fraction of sp³-hybridized carbons (Fsp3) is 0.0909. The van der Waals surface area contributed by atoms with Crippen LogP contribution in [0.4, 0.5) is 0 Å². The van der Waals surface area contributed by atoms with E-state index in [1.165, 1.54) is 60.7 Å². The summed E-state index contributed by atoms with van der Waals surface area (Å²) in [6, 6.07) is 11.5. The topological polar surface area (TPSA) is 96.0 Å². The third kappa shape index (κ3) is 5.49. The fourth-order valence-electron chi connectivity index (χ4n) is 2.30. The number of esters is 4. The average Bonchev–Trinajstić information content (AvgIpc) is 2.75. The van der Waals surface area contributed by atoms with Crippen molar-refractivity contribution in [1.82, 2.24) is 0 Å². The molecule has 2 aromatic carbocycles. The number of carbonyl (C=O) groups is 4. The van der Waals surface area contributed by atoms with Gasteiger partial charge in [-0.25, -0.2) is 19.2 Å². The first-order valence-corrected chi connectivity index (χ1v) is 8.50. The highest BCUT2D eigenvalue weighted by Crippen LogP contribution is 2.16. The Hall–Kier alpha value is -4.00. The van der Waals surface area contributed by atoms with Gasteiger partial charge in [0.05, 0.1) is 22.3 Å². The Bertz CT molecular complexity index is 882. The lowest BCUT2D eigenvalue weighted by Crippen LogP contribution is -2.19. The molecule has 7 heteroatoms. The maximum absolute atomic E-state index is 12.5. The quantitative estimate of drug-likeness (QED) is 0.293. The monoisotopic (exact) mass is 394 g/mol. The summed E-state index contributed by atoms with van der Waals surface area (Å²) < 4.78 is 14.7. The van der Waals surface area contributed by atoms with Crippen LogP contribution in [0.2, 0.25) is 0 Å². The van der Waals surface area contributed by atoms with E-state index in [-0.39, 0.29) is 35.5 Å². The van der Waals surface area contributed by atoms with Crippen LogP contribution in [0.1, 0.15) is 41.4 Å². The molecule has 0 aliphatic heterocycles. The lowest BCUT2D eigenvalue weighted by atomic mass is 10.1. The van der Waals surface area contributed by atoms with E-state index in [1.54, 1.807) is 0 Å². The third-order valence-corrected chi connectivity index (χ3v) is 3.58. The molecule has 2 aromatic rings. The second kappa shape index (κ2) is 10.4. The number of benzene rings is 2. The Morgan fingerprint density at radius 3 is 1.24 bits per heavy atom. The van der Waals surface area contributed by atoms with Crippen LogP contribution >= 0.6 is 0 Å². The molecule has 0 fully saturated rings. The van der Waals surface area contributed by atoms with Gasteiger partial charge in [-0.05, 0) is 24.3 Å². The van der Waals surface area contributed by atoms with Crippen molar-refractivity contribution in [2.24, 2.45) is 0 Å². The number of ether oxygens (including phenoxy) is 3. The van der Waals surface area contributed by atoms with Gasteiger partial charge < -0.3 is 14.2 Å². The normalized spacial score (nSPS) is 9.79. The maximum atomic E-state index is 12.5. The van der Waals surface area contributed by atoms with Gasteiger partial charge in [0.25, 0.3) is 0 Å². The molecule has 7 nitrogen and oxygen atoms in total. The van der Waals surface area contributed by atoms with Gasteiger partial charge in [-0.15, -0.1) is 0 Å². The summed E-state index contributed by atoms with van der Waals surface area (Å²) in [4.78, 5) is 49.2. The van der Waals surface area contributed by atoms with Gasteiger partial charge in [0, 0.05) is 0 Å². The van der Waals surface area contributed by atoms with E-state index in [0.29, 0.717) is 0 Å². The Morgan fingerprint density at radius 1 is 0.621 bits per heavy atom. The van der Waals surface area contributed by atoms with E-state index in [0.717, 1.165) is 0 Å². The standard InChI is InChI=1S/C22H18O7/c1-3-13-27-19(23)15-9-5-7-11-17(15)21(25)29-22(26)18-12-8-6-10-16(18)20(24)28-14-4-2/h3-12H,1-2,13-14H2. The van der Waals surface area contributed by atoms with Crippen molar-refractivity contribution in [3.05, 3.63) is 96.1 Å². The van der Waals surface area contributed by atoms with Crippen molar-refractivity contribution in [3.8, 4) is 0 Å². The molecular formula is C22H18O7. The molecule has 148 valence electrons. The van der Waals surface area contributed by atoms with Crippen molar-refractivity contribution < 1.29 is 33.4 Å². The molecular weight excluding hydrogens is 376 g/mol. The Kier molecular flexibility index (Phi) is 7.61. The molecule has 0 spiro atoms. The SMILES string of the molecule is C=CCOC(=O)c1ccccc1C(=O)OC(=O)c1ccccc1C(=O)OCC=C. The first kappa shape index (κ1) is 21.3. The van der Waals surface area contributed by atoms with Crippen LogP contribution in [-0.2, 0) is 14.2 Å². The summed E-state index contributed by atoms with van der Waals surface area (Å²) in [5.74, 6) is -3.65. The Labute approximate surface area is 167 Å². The lowest BCUT2D eigenvalue weighted by molar-refractivity contribution is 0.0378. The second-order valence-electron chi connectivity index (χ2n) is 5.54. The van der Waals surface area contributed by atoms with Crippen molar-refractivity contribution in [2.75, 3.05) is 13.2 Å². The van der Waals surface area contributed by atoms with Crippen LogP contribution in [0.15, 0.2) is 73.8 Å². The van der Waals surface area contributed by atoms with E-state index in [2.05, 4.69) is 13.2 Å². The zero-order valence-electron chi connectivity index (χ0n) is 15.5.